The quantitative estimate of drug-likeness (QED) is 0.675. The minimum absolute atomic E-state index is 0.104. The monoisotopic (exact) mass is 404 g/mol. The second-order valence-corrected chi connectivity index (χ2v) is 10.1. The van der Waals surface area contributed by atoms with E-state index in [4.69, 9.17) is 10.9 Å². The molecule has 2 aliphatic carbocycles. The molecule has 28 heavy (non-hydrogen) atoms. The van der Waals surface area contributed by atoms with E-state index in [-0.39, 0.29) is 22.2 Å². The molecule has 0 bridgehead atoms. The molecule has 4 rings (SSSR count). The first-order valence-electron chi connectivity index (χ1n) is 9.96. The topological polar surface area (TPSA) is 141 Å². The third kappa shape index (κ3) is 3.97. The summed E-state index contributed by atoms with van der Waals surface area (Å²) in [5, 5.41) is 19.7. The number of aromatic nitrogens is 4. The third-order valence-corrected chi connectivity index (χ3v) is 7.56. The second kappa shape index (κ2) is 7.20. The van der Waals surface area contributed by atoms with Crippen molar-refractivity contribution in [2.24, 2.45) is 16.8 Å². The zero-order chi connectivity index (χ0) is 19.9. The zero-order valence-corrected chi connectivity index (χ0v) is 17.0. The zero-order valence-electron chi connectivity index (χ0n) is 16.2. The first-order valence-corrected chi connectivity index (χ1v) is 11.5. The molecule has 1 aromatic carbocycles. The number of tetrazole rings is 1. The van der Waals surface area contributed by atoms with Gasteiger partial charge in [-0.2, -0.15) is 5.21 Å². The maximum absolute atomic E-state index is 12.3. The molecule has 2 saturated carbocycles. The van der Waals surface area contributed by atoms with Crippen LogP contribution < -0.4 is 10.9 Å². The van der Waals surface area contributed by atoms with Crippen molar-refractivity contribution in [3.63, 3.8) is 0 Å². The van der Waals surface area contributed by atoms with Crippen molar-refractivity contribution in [1.82, 2.24) is 20.6 Å². The van der Waals surface area contributed by atoms with Gasteiger partial charge in [-0.15, -0.1) is 10.2 Å². The Morgan fingerprint density at radius 1 is 1.21 bits per heavy atom. The molecular weight excluding hydrogens is 376 g/mol. The van der Waals surface area contributed by atoms with Crippen molar-refractivity contribution in [2.45, 2.75) is 74.6 Å². The Bertz CT molecular complexity index is 945. The van der Waals surface area contributed by atoms with E-state index in [9.17, 15) is 8.42 Å². The van der Waals surface area contributed by atoms with Gasteiger partial charge in [0.1, 0.15) is 0 Å². The summed E-state index contributed by atoms with van der Waals surface area (Å²) in [6.45, 7) is 1.74. The SMILES string of the molecule is Cc1ccc(C2CCC(CCC3(N)CC3)CC2)c(-c2nn[nH]n2)c1S(N)(=O)=O. The van der Waals surface area contributed by atoms with E-state index in [2.05, 4.69) is 20.6 Å². The van der Waals surface area contributed by atoms with E-state index in [0.717, 1.165) is 50.5 Å². The number of nitrogens with two attached hydrogens (primary N) is 2. The van der Waals surface area contributed by atoms with Crippen LogP contribution in [0.5, 0.6) is 0 Å². The van der Waals surface area contributed by atoms with Crippen LogP contribution in [0.25, 0.3) is 11.4 Å². The number of aryl methyl sites for hydroxylation is 1. The number of primary sulfonamides is 1. The fourth-order valence-electron chi connectivity index (χ4n) is 4.57. The van der Waals surface area contributed by atoms with Gasteiger partial charge >= 0.3 is 0 Å². The van der Waals surface area contributed by atoms with E-state index in [0.29, 0.717) is 17.0 Å². The van der Waals surface area contributed by atoms with E-state index < -0.39 is 10.0 Å². The molecule has 8 nitrogen and oxygen atoms in total. The smallest absolute Gasteiger partial charge is 0.239 e. The van der Waals surface area contributed by atoms with Crippen LogP contribution in [-0.2, 0) is 10.0 Å². The van der Waals surface area contributed by atoms with Crippen LogP contribution in [0.4, 0.5) is 0 Å². The lowest BCUT2D eigenvalue weighted by Crippen LogP contribution is -2.24. The highest BCUT2D eigenvalue weighted by Crippen LogP contribution is 2.45. The van der Waals surface area contributed by atoms with Crippen LogP contribution in [0, 0.1) is 12.8 Å². The summed E-state index contributed by atoms with van der Waals surface area (Å²) in [5.41, 5.74) is 8.40. The fourth-order valence-corrected chi connectivity index (χ4v) is 5.58. The second-order valence-electron chi connectivity index (χ2n) is 8.57. The summed E-state index contributed by atoms with van der Waals surface area (Å²) in [5.74, 6) is 1.25. The molecule has 1 heterocycles. The van der Waals surface area contributed by atoms with Crippen molar-refractivity contribution >= 4 is 10.0 Å². The standard InChI is InChI=1S/C19H28N6O2S/c1-12-2-7-15(16(17(12)28(21,26)27)18-22-24-25-23-18)14-5-3-13(4-6-14)8-9-19(20)10-11-19/h2,7,13-14H,3-6,8-11,20H2,1H3,(H2,21,26,27)(H,22,23,24,25). The van der Waals surface area contributed by atoms with Gasteiger partial charge in [0.2, 0.25) is 15.8 Å². The van der Waals surface area contributed by atoms with Gasteiger partial charge in [-0.1, -0.05) is 12.1 Å². The van der Waals surface area contributed by atoms with E-state index >= 15 is 0 Å². The Balaban J connectivity index is 1.60. The van der Waals surface area contributed by atoms with Gasteiger partial charge in [-0.3, -0.25) is 0 Å². The van der Waals surface area contributed by atoms with Crippen molar-refractivity contribution < 1.29 is 8.42 Å². The minimum atomic E-state index is -3.92. The molecule has 0 unspecified atom stereocenters. The maximum atomic E-state index is 12.3. The Morgan fingerprint density at radius 3 is 2.50 bits per heavy atom. The Morgan fingerprint density at radius 2 is 1.93 bits per heavy atom. The van der Waals surface area contributed by atoms with Gasteiger partial charge in [-0.25, -0.2) is 13.6 Å². The summed E-state index contributed by atoms with van der Waals surface area (Å²) >= 11 is 0. The highest BCUT2D eigenvalue weighted by atomic mass is 32.2. The van der Waals surface area contributed by atoms with Crippen LogP contribution >= 0.6 is 0 Å². The number of sulfonamides is 1. The van der Waals surface area contributed by atoms with Gasteiger partial charge in [0.05, 0.1) is 4.90 Å². The fraction of sp³-hybridized carbons (Fsp3) is 0.632. The van der Waals surface area contributed by atoms with Crippen LogP contribution in [-0.4, -0.2) is 34.6 Å². The van der Waals surface area contributed by atoms with Gasteiger partial charge in [0.15, 0.2) is 0 Å². The lowest BCUT2D eigenvalue weighted by molar-refractivity contribution is 0.296. The molecule has 5 N–H and O–H groups in total. The van der Waals surface area contributed by atoms with Gasteiger partial charge in [0, 0.05) is 11.1 Å². The number of nitrogens with zero attached hydrogens (tertiary/aromatic N) is 3. The molecule has 0 atom stereocenters. The third-order valence-electron chi connectivity index (χ3n) is 6.47. The Hall–Kier alpha value is -1.84. The number of rotatable bonds is 6. The number of hydrogen-bond donors (Lipinski definition) is 3. The molecule has 0 saturated heterocycles. The predicted molar refractivity (Wildman–Crippen MR) is 106 cm³/mol. The van der Waals surface area contributed by atoms with Crippen LogP contribution in [0.1, 0.15) is 68.4 Å². The summed E-state index contributed by atoms with van der Waals surface area (Å²) < 4.78 is 24.6. The van der Waals surface area contributed by atoms with Crippen LogP contribution in [0.15, 0.2) is 17.0 Å². The average Bonchev–Trinajstić information content (AvgIpc) is 3.16. The summed E-state index contributed by atoms with van der Waals surface area (Å²) in [7, 11) is -3.92. The predicted octanol–water partition coefficient (Wildman–Crippen LogP) is 2.37. The number of nitrogens with one attached hydrogen (secondary N) is 1. The van der Waals surface area contributed by atoms with Crippen molar-refractivity contribution in [2.75, 3.05) is 0 Å². The lowest BCUT2D eigenvalue weighted by Gasteiger charge is -2.31. The summed E-state index contributed by atoms with van der Waals surface area (Å²) in [6, 6.07) is 3.83. The maximum Gasteiger partial charge on any atom is 0.239 e. The van der Waals surface area contributed by atoms with E-state index in [1.54, 1.807) is 6.92 Å². The van der Waals surface area contributed by atoms with Crippen molar-refractivity contribution in [1.29, 1.82) is 0 Å². The van der Waals surface area contributed by atoms with Gasteiger partial charge < -0.3 is 5.73 Å². The molecule has 1 aromatic heterocycles. The minimum Gasteiger partial charge on any atom is -0.325 e. The highest BCUT2D eigenvalue weighted by molar-refractivity contribution is 7.89. The molecule has 0 aliphatic heterocycles. The molecular formula is C19H28N6O2S. The van der Waals surface area contributed by atoms with Gasteiger partial charge in [0.25, 0.3) is 0 Å². The largest absolute Gasteiger partial charge is 0.325 e. The first-order chi connectivity index (χ1) is 13.3. The highest BCUT2D eigenvalue weighted by Gasteiger charge is 2.38. The molecule has 2 aliphatic rings. The van der Waals surface area contributed by atoms with Crippen LogP contribution in [0.3, 0.4) is 0 Å². The number of H-pyrrole nitrogens is 1. The normalized spacial score (nSPS) is 24.2. The van der Waals surface area contributed by atoms with Crippen molar-refractivity contribution in [3.8, 4) is 11.4 Å². The van der Waals surface area contributed by atoms with Gasteiger partial charge in [-0.05, 0) is 86.5 Å². The number of benzene rings is 1. The molecule has 9 heteroatoms. The summed E-state index contributed by atoms with van der Waals surface area (Å²) in [4.78, 5) is 0.104. The Labute approximate surface area is 165 Å². The van der Waals surface area contributed by atoms with E-state index in [1.807, 2.05) is 12.1 Å². The molecule has 2 aromatic rings. The molecule has 2 fully saturated rings. The molecule has 152 valence electrons. The first kappa shape index (κ1) is 19.5. The Kier molecular flexibility index (Phi) is 5.01. The van der Waals surface area contributed by atoms with Crippen LogP contribution in [0.2, 0.25) is 0 Å². The number of aromatic amines is 1. The molecule has 0 radical (unpaired) electrons. The number of hydrogen-bond acceptors (Lipinski definition) is 6. The summed E-state index contributed by atoms with van der Waals surface area (Å²) in [6.07, 6.45) is 8.93. The lowest BCUT2D eigenvalue weighted by atomic mass is 9.75. The van der Waals surface area contributed by atoms with Crippen molar-refractivity contribution in [3.05, 3.63) is 23.3 Å². The molecule has 0 amide bonds. The average molecular weight is 405 g/mol. The molecule has 0 spiro atoms. The van der Waals surface area contributed by atoms with E-state index in [1.165, 1.54) is 6.42 Å².